The lowest BCUT2D eigenvalue weighted by Crippen LogP contribution is -2.21. The van der Waals surface area contributed by atoms with Crippen LogP contribution in [0.15, 0.2) is 0 Å². The molecule has 0 spiro atoms. The minimum atomic E-state index is -0.422. The Morgan fingerprint density at radius 1 is 1.29 bits per heavy atom. The Balaban J connectivity index is 2.18. The van der Waals surface area contributed by atoms with Crippen molar-refractivity contribution in [3.8, 4) is 0 Å². The molecule has 0 radical (unpaired) electrons. The van der Waals surface area contributed by atoms with E-state index in [4.69, 9.17) is 9.47 Å². The van der Waals surface area contributed by atoms with Gasteiger partial charge >= 0.3 is 5.97 Å². The molecule has 21 heavy (non-hydrogen) atoms. The summed E-state index contributed by atoms with van der Waals surface area (Å²) in [5.41, 5.74) is 1.16. The van der Waals surface area contributed by atoms with Crippen LogP contribution in [0.5, 0.6) is 0 Å². The van der Waals surface area contributed by atoms with E-state index in [1.807, 2.05) is 4.68 Å². The van der Waals surface area contributed by atoms with E-state index >= 15 is 0 Å². The van der Waals surface area contributed by atoms with Crippen LogP contribution in [0.2, 0.25) is 0 Å². The molecule has 0 amide bonds. The number of carbonyl (C=O) groups is 1. The van der Waals surface area contributed by atoms with Crippen LogP contribution in [0.1, 0.15) is 61.3 Å². The molecule has 0 unspecified atom stereocenters. The SMILES string of the molecule is CCC1CCC(n2nnc(C(=O)OC)c2CCOC)CC1. The van der Waals surface area contributed by atoms with Crippen LogP contribution < -0.4 is 0 Å². The van der Waals surface area contributed by atoms with Crippen molar-refractivity contribution in [2.45, 2.75) is 51.5 Å². The molecule has 1 saturated carbocycles. The second-order valence-corrected chi connectivity index (χ2v) is 5.65. The topological polar surface area (TPSA) is 66.2 Å². The summed E-state index contributed by atoms with van der Waals surface area (Å²) in [6, 6.07) is 0.338. The normalized spacial score (nSPS) is 22.2. The maximum atomic E-state index is 11.8. The van der Waals surface area contributed by atoms with Gasteiger partial charge in [0, 0.05) is 13.5 Å². The first-order valence-electron chi connectivity index (χ1n) is 7.72. The van der Waals surface area contributed by atoms with E-state index < -0.39 is 5.97 Å². The number of ether oxygens (including phenoxy) is 2. The largest absolute Gasteiger partial charge is 0.464 e. The van der Waals surface area contributed by atoms with Gasteiger partial charge in [0.2, 0.25) is 0 Å². The van der Waals surface area contributed by atoms with Gasteiger partial charge in [-0.2, -0.15) is 0 Å². The fourth-order valence-electron chi connectivity index (χ4n) is 3.09. The highest BCUT2D eigenvalue weighted by molar-refractivity contribution is 5.88. The van der Waals surface area contributed by atoms with E-state index in [9.17, 15) is 4.79 Å². The smallest absolute Gasteiger partial charge is 0.360 e. The van der Waals surface area contributed by atoms with E-state index in [2.05, 4.69) is 17.2 Å². The molecule has 0 atom stereocenters. The van der Waals surface area contributed by atoms with Crippen molar-refractivity contribution in [2.24, 2.45) is 5.92 Å². The number of rotatable bonds is 6. The van der Waals surface area contributed by atoms with Gasteiger partial charge in [-0.15, -0.1) is 5.10 Å². The molecule has 1 heterocycles. The molecule has 1 aliphatic rings. The average Bonchev–Trinajstić information content (AvgIpc) is 2.96. The van der Waals surface area contributed by atoms with Crippen LogP contribution in [-0.2, 0) is 15.9 Å². The number of esters is 1. The molecule has 0 saturated heterocycles. The zero-order chi connectivity index (χ0) is 15.2. The summed E-state index contributed by atoms with van der Waals surface area (Å²) in [6.45, 7) is 2.79. The second-order valence-electron chi connectivity index (χ2n) is 5.65. The summed E-state index contributed by atoms with van der Waals surface area (Å²) in [5, 5.41) is 8.26. The Hall–Kier alpha value is -1.43. The highest BCUT2D eigenvalue weighted by Gasteiger charge is 2.27. The summed E-state index contributed by atoms with van der Waals surface area (Å²) in [6.07, 6.45) is 6.51. The zero-order valence-corrected chi connectivity index (χ0v) is 13.2. The Labute approximate surface area is 125 Å². The molecule has 2 rings (SSSR count). The zero-order valence-electron chi connectivity index (χ0n) is 13.2. The second kappa shape index (κ2) is 7.54. The highest BCUT2D eigenvalue weighted by Crippen LogP contribution is 2.34. The number of aromatic nitrogens is 3. The first-order chi connectivity index (χ1) is 10.2. The van der Waals surface area contributed by atoms with E-state index in [0.717, 1.165) is 24.5 Å². The predicted octanol–water partition coefficient (Wildman–Crippen LogP) is 2.39. The lowest BCUT2D eigenvalue weighted by Gasteiger charge is -2.28. The molecule has 0 aromatic carbocycles. The van der Waals surface area contributed by atoms with Gasteiger partial charge in [0.25, 0.3) is 0 Å². The molecular weight excluding hydrogens is 270 g/mol. The molecule has 6 nitrogen and oxygen atoms in total. The average molecular weight is 295 g/mol. The minimum absolute atomic E-state index is 0.326. The third-order valence-corrected chi connectivity index (χ3v) is 4.45. The van der Waals surface area contributed by atoms with E-state index in [1.165, 1.54) is 26.4 Å². The van der Waals surface area contributed by atoms with Crippen molar-refractivity contribution in [1.29, 1.82) is 0 Å². The van der Waals surface area contributed by atoms with E-state index in [-0.39, 0.29) is 0 Å². The van der Waals surface area contributed by atoms with Crippen molar-refractivity contribution in [3.63, 3.8) is 0 Å². The maximum absolute atomic E-state index is 11.8. The maximum Gasteiger partial charge on any atom is 0.360 e. The van der Waals surface area contributed by atoms with Crippen molar-refractivity contribution in [3.05, 3.63) is 11.4 Å². The number of hydrogen-bond donors (Lipinski definition) is 0. The van der Waals surface area contributed by atoms with Crippen LogP contribution in [-0.4, -0.2) is 41.8 Å². The van der Waals surface area contributed by atoms with Gasteiger partial charge < -0.3 is 9.47 Å². The van der Waals surface area contributed by atoms with Crippen LogP contribution >= 0.6 is 0 Å². The third-order valence-electron chi connectivity index (χ3n) is 4.45. The van der Waals surface area contributed by atoms with Crippen molar-refractivity contribution < 1.29 is 14.3 Å². The van der Waals surface area contributed by atoms with Crippen LogP contribution in [0.3, 0.4) is 0 Å². The number of hydrogen-bond acceptors (Lipinski definition) is 5. The van der Waals surface area contributed by atoms with Gasteiger partial charge in [0.1, 0.15) is 0 Å². The highest BCUT2D eigenvalue weighted by atomic mass is 16.5. The third kappa shape index (κ3) is 3.61. The van der Waals surface area contributed by atoms with Crippen molar-refractivity contribution in [1.82, 2.24) is 15.0 Å². The van der Waals surface area contributed by atoms with Crippen LogP contribution in [0.4, 0.5) is 0 Å². The monoisotopic (exact) mass is 295 g/mol. The van der Waals surface area contributed by atoms with E-state index in [1.54, 1.807) is 7.11 Å². The number of nitrogens with zero attached hydrogens (tertiary/aromatic N) is 3. The molecule has 0 N–H and O–H groups in total. The minimum Gasteiger partial charge on any atom is -0.464 e. The molecule has 6 heteroatoms. The molecule has 1 aromatic heterocycles. The lowest BCUT2D eigenvalue weighted by molar-refractivity contribution is 0.0592. The standard InChI is InChI=1S/C15H25N3O3/c1-4-11-5-7-12(8-6-11)18-13(9-10-20-2)14(16-17-18)15(19)21-3/h11-12H,4-10H2,1-3H3. The van der Waals surface area contributed by atoms with E-state index in [0.29, 0.717) is 24.8 Å². The Bertz CT molecular complexity index is 465. The molecular formula is C15H25N3O3. The molecule has 1 aliphatic carbocycles. The van der Waals surface area contributed by atoms with Gasteiger partial charge in [0.15, 0.2) is 5.69 Å². The number of carbonyl (C=O) groups excluding carboxylic acids is 1. The van der Waals surface area contributed by atoms with Crippen LogP contribution in [0.25, 0.3) is 0 Å². The van der Waals surface area contributed by atoms with Gasteiger partial charge in [-0.3, -0.25) is 0 Å². The first-order valence-corrected chi connectivity index (χ1v) is 7.72. The summed E-state index contributed by atoms with van der Waals surface area (Å²) in [4.78, 5) is 11.8. The summed E-state index contributed by atoms with van der Waals surface area (Å²) < 4.78 is 11.9. The summed E-state index contributed by atoms with van der Waals surface area (Å²) >= 11 is 0. The van der Waals surface area contributed by atoms with Gasteiger partial charge in [0.05, 0.1) is 25.5 Å². The van der Waals surface area contributed by atoms with Gasteiger partial charge in [-0.25, -0.2) is 9.48 Å². The molecule has 0 bridgehead atoms. The molecule has 118 valence electrons. The van der Waals surface area contributed by atoms with Crippen molar-refractivity contribution in [2.75, 3.05) is 20.8 Å². The Kier molecular flexibility index (Phi) is 5.73. The first kappa shape index (κ1) is 15.9. The fourth-order valence-corrected chi connectivity index (χ4v) is 3.09. The van der Waals surface area contributed by atoms with Crippen LogP contribution in [0, 0.1) is 5.92 Å². The quantitative estimate of drug-likeness (QED) is 0.754. The van der Waals surface area contributed by atoms with Gasteiger partial charge in [-0.05, 0) is 31.6 Å². The summed E-state index contributed by atoms with van der Waals surface area (Å²) in [5.74, 6) is 0.405. The Morgan fingerprint density at radius 3 is 2.57 bits per heavy atom. The molecule has 0 aliphatic heterocycles. The van der Waals surface area contributed by atoms with Gasteiger partial charge in [-0.1, -0.05) is 18.6 Å². The predicted molar refractivity (Wildman–Crippen MR) is 78.2 cm³/mol. The van der Waals surface area contributed by atoms with Crippen molar-refractivity contribution >= 4 is 5.97 Å². The Morgan fingerprint density at radius 2 is 2.00 bits per heavy atom. The molecule has 1 fully saturated rings. The molecule has 1 aromatic rings. The number of methoxy groups -OCH3 is 2. The summed E-state index contributed by atoms with van der Waals surface area (Å²) in [7, 11) is 3.02. The lowest BCUT2D eigenvalue weighted by atomic mass is 9.84. The fraction of sp³-hybridized carbons (Fsp3) is 0.800.